The summed E-state index contributed by atoms with van der Waals surface area (Å²) in [6.45, 7) is 4.16. The van der Waals surface area contributed by atoms with Gasteiger partial charge in [-0.05, 0) is 13.8 Å². The number of nitrogens with zero attached hydrogens (tertiary/aromatic N) is 3. The molecule has 0 saturated carbocycles. The van der Waals surface area contributed by atoms with Crippen molar-refractivity contribution in [3.8, 4) is 5.88 Å². The van der Waals surface area contributed by atoms with Crippen molar-refractivity contribution in [2.75, 3.05) is 19.8 Å². The van der Waals surface area contributed by atoms with Crippen LogP contribution in [0.15, 0.2) is 12.3 Å². The summed E-state index contributed by atoms with van der Waals surface area (Å²) in [6, 6.07) is 0.790. The molecule has 0 atom stereocenters. The predicted molar refractivity (Wildman–Crippen MR) is 70.1 cm³/mol. The highest BCUT2D eigenvalue weighted by Gasteiger charge is 2.23. The van der Waals surface area contributed by atoms with E-state index in [1.54, 1.807) is 13.8 Å². The number of aromatic nitrogens is 1. The fourth-order valence-corrected chi connectivity index (χ4v) is 1.43. The molecule has 0 radical (unpaired) electrons. The molecule has 0 bridgehead atoms. The van der Waals surface area contributed by atoms with Crippen molar-refractivity contribution >= 4 is 11.4 Å². The second-order valence-corrected chi connectivity index (χ2v) is 3.68. The van der Waals surface area contributed by atoms with Crippen molar-refractivity contribution in [3.63, 3.8) is 0 Å². The molecule has 1 aromatic rings. The van der Waals surface area contributed by atoms with E-state index < -0.39 is 27.5 Å². The smallest absolute Gasteiger partial charge is 0.337 e. The van der Waals surface area contributed by atoms with E-state index in [1.165, 1.54) is 0 Å². The van der Waals surface area contributed by atoms with Crippen LogP contribution in [0.4, 0.5) is 11.4 Å². The van der Waals surface area contributed by atoms with Crippen LogP contribution in [0.1, 0.15) is 13.8 Å². The lowest BCUT2D eigenvalue weighted by Crippen LogP contribution is -2.25. The molecule has 21 heavy (non-hydrogen) atoms. The minimum absolute atomic E-state index is 0.118. The van der Waals surface area contributed by atoms with Crippen LogP contribution >= 0.6 is 0 Å². The first-order valence-corrected chi connectivity index (χ1v) is 6.14. The average molecular weight is 301 g/mol. The topological polar surface area (TPSA) is 127 Å². The van der Waals surface area contributed by atoms with Gasteiger partial charge in [0.25, 0.3) is 11.6 Å². The van der Waals surface area contributed by atoms with Crippen LogP contribution in [0.3, 0.4) is 0 Å². The lowest BCUT2D eigenvalue weighted by atomic mass is 10.3. The van der Waals surface area contributed by atoms with Crippen LogP contribution in [-0.4, -0.2) is 40.9 Å². The molecule has 1 heterocycles. The Bertz CT molecular complexity index is 503. The molecule has 0 unspecified atom stereocenters. The fourth-order valence-electron chi connectivity index (χ4n) is 1.43. The van der Waals surface area contributed by atoms with E-state index in [-0.39, 0.29) is 12.5 Å². The second kappa shape index (κ2) is 8.07. The van der Waals surface area contributed by atoms with Crippen LogP contribution in [0, 0.1) is 20.2 Å². The molecule has 0 aliphatic carbocycles. The highest BCUT2D eigenvalue weighted by Crippen LogP contribution is 2.28. The lowest BCUT2D eigenvalue weighted by molar-refractivity contribution is -0.395. The molecule has 0 aromatic carbocycles. The zero-order valence-electron chi connectivity index (χ0n) is 11.6. The first-order chi connectivity index (χ1) is 9.99. The molecule has 10 heteroatoms. The Balaban J connectivity index is 2.86. The van der Waals surface area contributed by atoms with Gasteiger partial charge in [-0.15, -0.1) is 0 Å². The molecule has 0 aliphatic rings. The summed E-state index contributed by atoms with van der Waals surface area (Å²) in [7, 11) is 0. The Labute approximate surface area is 119 Å². The summed E-state index contributed by atoms with van der Waals surface area (Å²) in [6.07, 6.45) is 0.190. The monoisotopic (exact) mass is 301 g/mol. The zero-order valence-corrected chi connectivity index (χ0v) is 11.6. The molecule has 116 valence electrons. The maximum absolute atomic E-state index is 10.9. The molecule has 1 aromatic heterocycles. The molecular formula is C11H15N3O7. The van der Waals surface area contributed by atoms with Gasteiger partial charge in [0.15, 0.2) is 6.29 Å². The van der Waals surface area contributed by atoms with Gasteiger partial charge < -0.3 is 14.2 Å². The summed E-state index contributed by atoms with van der Waals surface area (Å²) < 4.78 is 15.6. The second-order valence-electron chi connectivity index (χ2n) is 3.68. The standard InChI is InChI=1S/C11H15N3O7/c1-3-19-10(20-4-2)7-21-11-9(14(17)18)5-8(6-12-11)13(15)16/h5-6,10H,3-4,7H2,1-2H3. The van der Waals surface area contributed by atoms with Crippen molar-refractivity contribution in [2.45, 2.75) is 20.1 Å². The molecule has 0 aliphatic heterocycles. The first-order valence-electron chi connectivity index (χ1n) is 6.14. The van der Waals surface area contributed by atoms with Crippen LogP contribution in [0.2, 0.25) is 0 Å². The van der Waals surface area contributed by atoms with Gasteiger partial charge in [0, 0.05) is 13.2 Å². The van der Waals surface area contributed by atoms with Gasteiger partial charge in [0.2, 0.25) is 0 Å². The van der Waals surface area contributed by atoms with Crippen LogP contribution in [0.25, 0.3) is 0 Å². The minimum atomic E-state index is -0.800. The third kappa shape index (κ3) is 4.93. The lowest BCUT2D eigenvalue weighted by Gasteiger charge is -2.16. The van der Waals surface area contributed by atoms with Crippen molar-refractivity contribution in [3.05, 3.63) is 32.5 Å². The van der Waals surface area contributed by atoms with Gasteiger partial charge in [-0.25, -0.2) is 4.98 Å². The fraction of sp³-hybridized carbons (Fsp3) is 0.545. The first kappa shape index (κ1) is 16.7. The van der Waals surface area contributed by atoms with Gasteiger partial charge >= 0.3 is 5.69 Å². The van der Waals surface area contributed by atoms with E-state index in [0.29, 0.717) is 13.2 Å². The largest absolute Gasteiger partial charge is 0.467 e. The highest BCUT2D eigenvalue weighted by molar-refractivity contribution is 5.48. The van der Waals surface area contributed by atoms with Gasteiger partial charge in [-0.2, -0.15) is 0 Å². The number of hydrogen-bond acceptors (Lipinski definition) is 8. The third-order valence-electron chi connectivity index (χ3n) is 2.29. The number of nitro groups is 2. The molecule has 0 saturated heterocycles. The summed E-state index contributed by atoms with van der Waals surface area (Å²) in [4.78, 5) is 23.5. The Kier molecular flexibility index (Phi) is 6.43. The zero-order chi connectivity index (χ0) is 15.8. The van der Waals surface area contributed by atoms with Crippen LogP contribution in [-0.2, 0) is 9.47 Å². The number of rotatable bonds is 9. The van der Waals surface area contributed by atoms with Crippen molar-refractivity contribution < 1.29 is 24.1 Å². The molecule has 0 spiro atoms. The molecule has 0 N–H and O–H groups in total. The van der Waals surface area contributed by atoms with Gasteiger partial charge in [0.05, 0.1) is 9.85 Å². The van der Waals surface area contributed by atoms with Gasteiger partial charge in [-0.1, -0.05) is 0 Å². The average Bonchev–Trinajstić information content (AvgIpc) is 2.44. The maximum atomic E-state index is 10.9. The van der Waals surface area contributed by atoms with E-state index in [1.807, 2.05) is 0 Å². The molecule has 1 rings (SSSR count). The summed E-state index contributed by atoms with van der Waals surface area (Å²) in [5.41, 5.74) is -1.07. The van der Waals surface area contributed by atoms with E-state index >= 15 is 0 Å². The summed E-state index contributed by atoms with van der Waals surface area (Å²) in [5.74, 6) is -0.324. The van der Waals surface area contributed by atoms with E-state index in [0.717, 1.165) is 12.3 Å². The summed E-state index contributed by atoms with van der Waals surface area (Å²) in [5, 5.41) is 21.5. The number of pyridine rings is 1. The molecule has 10 nitrogen and oxygen atoms in total. The Morgan fingerprint density at radius 2 is 1.81 bits per heavy atom. The molecular weight excluding hydrogens is 286 g/mol. The molecule has 0 amide bonds. The highest BCUT2D eigenvalue weighted by atomic mass is 16.7. The Morgan fingerprint density at radius 1 is 1.19 bits per heavy atom. The third-order valence-corrected chi connectivity index (χ3v) is 2.29. The Morgan fingerprint density at radius 3 is 2.29 bits per heavy atom. The van der Waals surface area contributed by atoms with Crippen LogP contribution in [0.5, 0.6) is 5.88 Å². The quantitative estimate of drug-likeness (QED) is 0.383. The normalized spacial score (nSPS) is 10.6. The number of hydrogen-bond donors (Lipinski definition) is 0. The summed E-state index contributed by atoms with van der Waals surface area (Å²) >= 11 is 0. The number of ether oxygens (including phenoxy) is 3. The van der Waals surface area contributed by atoms with E-state index in [4.69, 9.17) is 14.2 Å². The van der Waals surface area contributed by atoms with Crippen molar-refractivity contribution in [2.24, 2.45) is 0 Å². The predicted octanol–water partition coefficient (Wildman–Crippen LogP) is 1.68. The Hall–Kier alpha value is -2.33. The SMILES string of the molecule is CCOC(COc1ncc([N+](=O)[O-])cc1[N+](=O)[O-])OCC. The van der Waals surface area contributed by atoms with Gasteiger partial charge in [-0.3, -0.25) is 20.2 Å². The van der Waals surface area contributed by atoms with E-state index in [2.05, 4.69) is 4.98 Å². The minimum Gasteiger partial charge on any atom is -0.467 e. The maximum Gasteiger partial charge on any atom is 0.337 e. The van der Waals surface area contributed by atoms with E-state index in [9.17, 15) is 20.2 Å². The van der Waals surface area contributed by atoms with Gasteiger partial charge in [0.1, 0.15) is 18.9 Å². The molecule has 0 fully saturated rings. The van der Waals surface area contributed by atoms with Crippen molar-refractivity contribution in [1.82, 2.24) is 4.98 Å². The van der Waals surface area contributed by atoms with Crippen molar-refractivity contribution in [1.29, 1.82) is 0 Å². The van der Waals surface area contributed by atoms with Crippen LogP contribution < -0.4 is 4.74 Å².